The Balaban J connectivity index is 2.01. The van der Waals surface area contributed by atoms with E-state index in [1.807, 2.05) is 6.07 Å². The van der Waals surface area contributed by atoms with E-state index >= 15 is 0 Å². The first-order valence-electron chi connectivity index (χ1n) is 5.40. The van der Waals surface area contributed by atoms with E-state index in [-0.39, 0.29) is 16.9 Å². The highest BCUT2D eigenvalue weighted by molar-refractivity contribution is 8.13. The highest BCUT2D eigenvalue weighted by atomic mass is 32.2. The highest BCUT2D eigenvalue weighted by Gasteiger charge is 2.32. The molecule has 0 radical (unpaired) electrons. The summed E-state index contributed by atoms with van der Waals surface area (Å²) in [5.41, 5.74) is 0. The number of amides is 1. The van der Waals surface area contributed by atoms with Gasteiger partial charge in [-0.05, 0) is 5.92 Å². The largest absolute Gasteiger partial charge is 0.288 e. The molecule has 1 fully saturated rings. The molecule has 1 aromatic rings. The molecular weight excluding hydrogens is 270 g/mol. The van der Waals surface area contributed by atoms with Crippen molar-refractivity contribution in [2.45, 2.75) is 13.3 Å². The van der Waals surface area contributed by atoms with Crippen molar-refractivity contribution >= 4 is 39.3 Å². The molecule has 18 heavy (non-hydrogen) atoms. The van der Waals surface area contributed by atoms with E-state index in [4.69, 9.17) is 5.26 Å². The van der Waals surface area contributed by atoms with Crippen molar-refractivity contribution in [3.63, 3.8) is 0 Å². The van der Waals surface area contributed by atoms with Crippen molar-refractivity contribution in [2.24, 2.45) is 5.92 Å². The molecule has 1 aliphatic heterocycles. The molecule has 0 aliphatic carbocycles. The molecule has 1 aliphatic rings. The average Bonchev–Trinajstić information content (AvgIpc) is 2.92. The van der Waals surface area contributed by atoms with Gasteiger partial charge in [0.2, 0.25) is 5.91 Å². The summed E-state index contributed by atoms with van der Waals surface area (Å²) in [5, 5.41) is 9.38. The molecule has 1 amide bonds. The summed E-state index contributed by atoms with van der Waals surface area (Å²) in [5.74, 6) is 0.859. The molecule has 0 spiro atoms. The number of thioether (sulfide) groups is 1. The van der Waals surface area contributed by atoms with E-state index in [2.05, 4.69) is 4.98 Å². The molecular formula is C11H11N3O2S2. The van der Waals surface area contributed by atoms with Crippen molar-refractivity contribution < 1.29 is 9.59 Å². The molecule has 2 rings (SSSR count). The quantitative estimate of drug-likeness (QED) is 0.842. The minimum atomic E-state index is 0.0167. The zero-order chi connectivity index (χ0) is 13.1. The lowest BCUT2D eigenvalue weighted by atomic mass is 10.1. The molecule has 0 N–H and O–H groups in total. The number of nitrogens with zero attached hydrogens (tertiary/aromatic N) is 3. The number of hydrogen-bond donors (Lipinski definition) is 0. The monoisotopic (exact) mass is 281 g/mol. The van der Waals surface area contributed by atoms with Crippen LogP contribution in [0.4, 0.5) is 5.13 Å². The fraction of sp³-hybridized carbons (Fsp3) is 0.455. The second kappa shape index (κ2) is 5.50. The van der Waals surface area contributed by atoms with Gasteiger partial charge in [-0.15, -0.1) is 0 Å². The van der Waals surface area contributed by atoms with Gasteiger partial charge in [-0.2, -0.15) is 5.26 Å². The Bertz CT molecular complexity index is 521. The minimum absolute atomic E-state index is 0.0167. The molecule has 1 aromatic heterocycles. The maximum Gasteiger partial charge on any atom is 0.229 e. The van der Waals surface area contributed by atoms with Crippen LogP contribution in [0.1, 0.15) is 18.2 Å². The van der Waals surface area contributed by atoms with Crippen LogP contribution >= 0.6 is 23.1 Å². The molecule has 2 heterocycles. The molecule has 1 atom stereocenters. The van der Waals surface area contributed by atoms with Gasteiger partial charge < -0.3 is 0 Å². The summed E-state index contributed by atoms with van der Waals surface area (Å²) in [6.45, 7) is 2.11. The molecule has 5 nitrogen and oxygen atoms in total. The second-order valence-electron chi connectivity index (χ2n) is 4.00. The zero-order valence-electron chi connectivity index (χ0n) is 9.75. The van der Waals surface area contributed by atoms with Crippen LogP contribution in [-0.4, -0.2) is 28.3 Å². The predicted molar refractivity (Wildman–Crippen MR) is 70.4 cm³/mol. The SMILES string of the molecule is CC(=O)SCC1CC(=O)N(c2ncc(C#N)s2)C1. The number of thiazole rings is 1. The Kier molecular flexibility index (Phi) is 3.99. The van der Waals surface area contributed by atoms with E-state index in [0.29, 0.717) is 28.7 Å². The van der Waals surface area contributed by atoms with E-state index in [1.165, 1.54) is 36.2 Å². The Morgan fingerprint density at radius 1 is 1.78 bits per heavy atom. The fourth-order valence-electron chi connectivity index (χ4n) is 1.75. The van der Waals surface area contributed by atoms with Gasteiger partial charge in [0.25, 0.3) is 0 Å². The third-order valence-electron chi connectivity index (χ3n) is 2.56. The van der Waals surface area contributed by atoms with Crippen molar-refractivity contribution in [1.29, 1.82) is 5.26 Å². The molecule has 7 heteroatoms. The fourth-order valence-corrected chi connectivity index (χ4v) is 3.19. The van der Waals surface area contributed by atoms with Crippen LogP contribution in [-0.2, 0) is 9.59 Å². The third-order valence-corrected chi connectivity index (χ3v) is 4.53. The third kappa shape index (κ3) is 2.89. The van der Waals surface area contributed by atoms with Crippen LogP contribution in [0.2, 0.25) is 0 Å². The Hall–Kier alpha value is -1.39. The van der Waals surface area contributed by atoms with Gasteiger partial charge in [-0.3, -0.25) is 14.5 Å². The predicted octanol–water partition coefficient (Wildman–Crippen LogP) is 1.65. The van der Waals surface area contributed by atoms with Gasteiger partial charge in [-0.25, -0.2) is 4.98 Å². The molecule has 0 saturated carbocycles. The number of aromatic nitrogens is 1. The summed E-state index contributed by atoms with van der Waals surface area (Å²) in [6, 6.07) is 2.01. The normalized spacial score (nSPS) is 19.0. The number of carbonyl (C=O) groups excluding carboxylic acids is 2. The summed E-state index contributed by atoms with van der Waals surface area (Å²) in [7, 11) is 0. The molecule has 94 valence electrons. The van der Waals surface area contributed by atoms with Crippen molar-refractivity contribution in [2.75, 3.05) is 17.2 Å². The Morgan fingerprint density at radius 2 is 2.56 bits per heavy atom. The lowest BCUT2D eigenvalue weighted by Crippen LogP contribution is -2.24. The highest BCUT2D eigenvalue weighted by Crippen LogP contribution is 2.30. The van der Waals surface area contributed by atoms with Gasteiger partial charge in [-0.1, -0.05) is 23.1 Å². The maximum atomic E-state index is 11.8. The Morgan fingerprint density at radius 3 is 3.17 bits per heavy atom. The lowest BCUT2D eigenvalue weighted by molar-refractivity contribution is -0.117. The van der Waals surface area contributed by atoms with Gasteiger partial charge in [0.05, 0.1) is 6.20 Å². The lowest BCUT2D eigenvalue weighted by Gasteiger charge is -2.12. The molecule has 0 aromatic carbocycles. The molecule has 0 bridgehead atoms. The van der Waals surface area contributed by atoms with Crippen LogP contribution < -0.4 is 4.90 Å². The first-order chi connectivity index (χ1) is 8.60. The van der Waals surface area contributed by atoms with Crippen LogP contribution in [0.3, 0.4) is 0 Å². The van der Waals surface area contributed by atoms with E-state index < -0.39 is 0 Å². The zero-order valence-corrected chi connectivity index (χ0v) is 11.4. The first-order valence-corrected chi connectivity index (χ1v) is 7.20. The number of carbonyl (C=O) groups is 2. The van der Waals surface area contributed by atoms with Gasteiger partial charge in [0.15, 0.2) is 10.2 Å². The van der Waals surface area contributed by atoms with Crippen LogP contribution in [0.25, 0.3) is 0 Å². The van der Waals surface area contributed by atoms with Gasteiger partial charge >= 0.3 is 0 Å². The Labute approximate surface area is 113 Å². The number of hydrogen-bond acceptors (Lipinski definition) is 6. The van der Waals surface area contributed by atoms with Crippen LogP contribution in [0, 0.1) is 17.2 Å². The summed E-state index contributed by atoms with van der Waals surface area (Å²) < 4.78 is 0. The van der Waals surface area contributed by atoms with Crippen molar-refractivity contribution in [1.82, 2.24) is 4.98 Å². The standard InChI is InChI=1S/C11H11N3O2S2/c1-7(15)17-6-8-2-10(16)14(5-8)11-13-4-9(3-12)18-11/h4,8H,2,5-6H2,1H3. The van der Waals surface area contributed by atoms with Crippen LogP contribution in [0.5, 0.6) is 0 Å². The summed E-state index contributed by atoms with van der Waals surface area (Å²) >= 11 is 2.47. The summed E-state index contributed by atoms with van der Waals surface area (Å²) in [4.78, 5) is 28.9. The van der Waals surface area contributed by atoms with Gasteiger partial charge in [0.1, 0.15) is 10.9 Å². The molecule has 1 saturated heterocycles. The average molecular weight is 281 g/mol. The maximum absolute atomic E-state index is 11.8. The minimum Gasteiger partial charge on any atom is -0.288 e. The van der Waals surface area contributed by atoms with Crippen molar-refractivity contribution in [3.05, 3.63) is 11.1 Å². The summed E-state index contributed by atoms with van der Waals surface area (Å²) in [6.07, 6.45) is 1.92. The second-order valence-corrected chi connectivity index (χ2v) is 6.20. The number of rotatable bonds is 3. The van der Waals surface area contributed by atoms with E-state index in [9.17, 15) is 9.59 Å². The topological polar surface area (TPSA) is 74.1 Å². The van der Waals surface area contributed by atoms with E-state index in [0.717, 1.165) is 0 Å². The molecule has 1 unspecified atom stereocenters. The number of anilines is 1. The number of nitriles is 1. The van der Waals surface area contributed by atoms with Crippen molar-refractivity contribution in [3.8, 4) is 6.07 Å². The van der Waals surface area contributed by atoms with Gasteiger partial charge in [0, 0.05) is 25.6 Å². The van der Waals surface area contributed by atoms with E-state index in [1.54, 1.807) is 4.90 Å². The van der Waals surface area contributed by atoms with Crippen LogP contribution in [0.15, 0.2) is 6.20 Å². The smallest absolute Gasteiger partial charge is 0.229 e. The first kappa shape index (κ1) is 13.1.